The lowest BCUT2D eigenvalue weighted by molar-refractivity contribution is -0.385. The van der Waals surface area contributed by atoms with Crippen LogP contribution in [0, 0.1) is 16.0 Å². The normalized spacial score (nSPS) is 13.1. The van der Waals surface area contributed by atoms with Crippen molar-refractivity contribution in [2.24, 2.45) is 16.8 Å². The molecule has 1 aromatic carbocycles. The van der Waals surface area contributed by atoms with Crippen molar-refractivity contribution in [2.45, 2.75) is 6.92 Å². The Morgan fingerprint density at radius 1 is 1.65 bits per heavy atom. The summed E-state index contributed by atoms with van der Waals surface area (Å²) in [5, 5.41) is 22.0. The molecular weight excluding hydrogens is 226 g/mol. The highest BCUT2D eigenvalue weighted by molar-refractivity contribution is 5.81. The Bertz CT molecular complexity index is 433. The van der Waals surface area contributed by atoms with E-state index in [1.54, 1.807) is 19.1 Å². The fourth-order valence-corrected chi connectivity index (χ4v) is 1.13. The Hall–Kier alpha value is -2.31. The Kier molecular flexibility index (Phi) is 4.27. The molecule has 92 valence electrons. The number of ether oxygens (including phenoxy) is 1. The lowest BCUT2D eigenvalue weighted by Crippen LogP contribution is -2.26. The highest BCUT2D eigenvalue weighted by atomic mass is 16.6. The minimum Gasteiger partial charge on any atom is -0.486 e. The fourth-order valence-electron chi connectivity index (χ4n) is 1.13. The molecule has 0 fully saturated rings. The van der Waals surface area contributed by atoms with Crippen LogP contribution in [0.15, 0.2) is 29.4 Å². The smallest absolute Gasteiger partial charge is 0.310 e. The van der Waals surface area contributed by atoms with E-state index in [9.17, 15) is 10.1 Å². The van der Waals surface area contributed by atoms with Crippen LogP contribution in [0.4, 0.5) is 5.69 Å². The van der Waals surface area contributed by atoms with E-state index < -0.39 is 4.92 Å². The number of nitrogens with zero attached hydrogens (tertiary/aromatic N) is 2. The largest absolute Gasteiger partial charge is 0.486 e. The van der Waals surface area contributed by atoms with Gasteiger partial charge in [0.15, 0.2) is 5.75 Å². The summed E-state index contributed by atoms with van der Waals surface area (Å²) >= 11 is 0. The number of nitrogens with two attached hydrogens (primary N) is 1. The fraction of sp³-hybridized carbons (Fsp3) is 0.300. The van der Waals surface area contributed by atoms with E-state index in [-0.39, 0.29) is 29.8 Å². The van der Waals surface area contributed by atoms with Gasteiger partial charge >= 0.3 is 5.69 Å². The summed E-state index contributed by atoms with van der Waals surface area (Å²) in [5.41, 5.74) is 5.25. The molecule has 0 radical (unpaired) electrons. The van der Waals surface area contributed by atoms with E-state index in [0.717, 1.165) is 0 Å². The van der Waals surface area contributed by atoms with Crippen LogP contribution in [0.2, 0.25) is 0 Å². The number of para-hydroxylation sites is 2. The molecule has 3 N–H and O–H groups in total. The minimum absolute atomic E-state index is 0.0172. The van der Waals surface area contributed by atoms with Gasteiger partial charge in [-0.3, -0.25) is 10.1 Å². The second-order valence-electron chi connectivity index (χ2n) is 3.46. The van der Waals surface area contributed by atoms with Gasteiger partial charge in [-0.2, -0.15) is 0 Å². The molecule has 1 aromatic rings. The van der Waals surface area contributed by atoms with E-state index in [2.05, 4.69) is 5.16 Å². The third kappa shape index (κ3) is 3.33. The van der Waals surface area contributed by atoms with E-state index in [1.807, 2.05) is 0 Å². The number of benzene rings is 1. The second-order valence-corrected chi connectivity index (χ2v) is 3.46. The van der Waals surface area contributed by atoms with Crippen molar-refractivity contribution in [1.82, 2.24) is 0 Å². The number of nitro groups is 1. The molecule has 0 aliphatic heterocycles. The lowest BCUT2D eigenvalue weighted by atomic mass is 10.2. The van der Waals surface area contributed by atoms with Crippen LogP contribution < -0.4 is 10.5 Å². The average Bonchev–Trinajstić information content (AvgIpc) is 2.35. The molecule has 1 atom stereocenters. The van der Waals surface area contributed by atoms with E-state index in [4.69, 9.17) is 15.7 Å². The molecule has 0 amide bonds. The quantitative estimate of drug-likeness (QED) is 0.265. The zero-order chi connectivity index (χ0) is 12.8. The standard InChI is InChI=1S/C10H13N3O4/c1-7(10(11)12-14)6-17-9-5-3-2-4-8(9)13(15)16/h2-5,7,14H,6H2,1H3,(H2,11,12). The molecule has 7 heteroatoms. The molecule has 0 aromatic heterocycles. The number of oxime groups is 1. The Balaban J connectivity index is 2.73. The summed E-state index contributed by atoms with van der Waals surface area (Å²) in [6, 6.07) is 6.04. The number of hydrogen-bond acceptors (Lipinski definition) is 5. The number of hydrogen-bond donors (Lipinski definition) is 2. The van der Waals surface area contributed by atoms with Crippen molar-refractivity contribution in [3.8, 4) is 5.75 Å². The highest BCUT2D eigenvalue weighted by Gasteiger charge is 2.15. The molecule has 1 unspecified atom stereocenters. The maximum absolute atomic E-state index is 10.7. The first kappa shape index (κ1) is 12.8. The van der Waals surface area contributed by atoms with Crippen LogP contribution in [-0.2, 0) is 0 Å². The van der Waals surface area contributed by atoms with Crippen LogP contribution >= 0.6 is 0 Å². The van der Waals surface area contributed by atoms with Gasteiger partial charge < -0.3 is 15.7 Å². The Morgan fingerprint density at radius 3 is 2.88 bits per heavy atom. The van der Waals surface area contributed by atoms with Gasteiger partial charge in [0.25, 0.3) is 0 Å². The maximum atomic E-state index is 10.7. The predicted octanol–water partition coefficient (Wildman–Crippen LogP) is 1.36. The molecule has 0 spiro atoms. The van der Waals surface area contributed by atoms with Crippen molar-refractivity contribution >= 4 is 11.5 Å². The van der Waals surface area contributed by atoms with Crippen molar-refractivity contribution < 1.29 is 14.9 Å². The molecule has 0 saturated heterocycles. The monoisotopic (exact) mass is 239 g/mol. The van der Waals surface area contributed by atoms with Gasteiger partial charge in [0.2, 0.25) is 0 Å². The molecule has 17 heavy (non-hydrogen) atoms. The summed E-state index contributed by atoms with van der Waals surface area (Å²) in [7, 11) is 0. The molecule has 0 bridgehead atoms. The summed E-state index contributed by atoms with van der Waals surface area (Å²) in [6.45, 7) is 1.78. The first-order chi connectivity index (χ1) is 8.06. The van der Waals surface area contributed by atoms with Gasteiger partial charge in [0.1, 0.15) is 5.84 Å². The summed E-state index contributed by atoms with van der Waals surface area (Å²) in [4.78, 5) is 10.2. The van der Waals surface area contributed by atoms with Gasteiger partial charge in [-0.15, -0.1) is 0 Å². The van der Waals surface area contributed by atoms with E-state index >= 15 is 0 Å². The van der Waals surface area contributed by atoms with Crippen LogP contribution in [0.1, 0.15) is 6.92 Å². The number of amidine groups is 1. The lowest BCUT2D eigenvalue weighted by Gasteiger charge is -2.11. The van der Waals surface area contributed by atoms with Gasteiger partial charge in [-0.25, -0.2) is 0 Å². The van der Waals surface area contributed by atoms with E-state index in [0.29, 0.717) is 0 Å². The van der Waals surface area contributed by atoms with Crippen LogP contribution in [0.25, 0.3) is 0 Å². The molecule has 7 nitrogen and oxygen atoms in total. The Labute approximate surface area is 97.6 Å². The van der Waals surface area contributed by atoms with Crippen LogP contribution in [-0.4, -0.2) is 22.6 Å². The topological polar surface area (TPSA) is 111 Å². The van der Waals surface area contributed by atoms with Crippen molar-refractivity contribution in [2.75, 3.05) is 6.61 Å². The van der Waals surface area contributed by atoms with Crippen LogP contribution in [0.5, 0.6) is 5.75 Å². The third-order valence-corrected chi connectivity index (χ3v) is 2.17. The minimum atomic E-state index is -0.524. The van der Waals surface area contributed by atoms with Crippen LogP contribution in [0.3, 0.4) is 0 Å². The first-order valence-electron chi connectivity index (χ1n) is 4.90. The summed E-state index contributed by atoms with van der Waals surface area (Å²) in [6.07, 6.45) is 0. The third-order valence-electron chi connectivity index (χ3n) is 2.17. The van der Waals surface area contributed by atoms with Gasteiger partial charge in [0, 0.05) is 6.07 Å². The summed E-state index contributed by atoms with van der Waals surface area (Å²) < 4.78 is 5.27. The van der Waals surface area contributed by atoms with Gasteiger partial charge in [-0.05, 0) is 6.07 Å². The SMILES string of the molecule is CC(COc1ccccc1[N+](=O)[O-])/C(N)=N/O. The van der Waals surface area contributed by atoms with Crippen molar-refractivity contribution in [3.63, 3.8) is 0 Å². The zero-order valence-corrected chi connectivity index (χ0v) is 9.24. The van der Waals surface area contributed by atoms with Gasteiger partial charge in [-0.1, -0.05) is 24.2 Å². The second kappa shape index (κ2) is 5.69. The molecule has 0 aliphatic rings. The zero-order valence-electron chi connectivity index (χ0n) is 9.24. The van der Waals surface area contributed by atoms with Crippen molar-refractivity contribution in [1.29, 1.82) is 0 Å². The molecule has 0 heterocycles. The molecule has 0 aliphatic carbocycles. The summed E-state index contributed by atoms with van der Waals surface area (Å²) in [5.74, 6) is -0.154. The van der Waals surface area contributed by atoms with Gasteiger partial charge in [0.05, 0.1) is 17.4 Å². The highest BCUT2D eigenvalue weighted by Crippen LogP contribution is 2.26. The number of rotatable bonds is 5. The predicted molar refractivity (Wildman–Crippen MR) is 61.2 cm³/mol. The molecule has 1 rings (SSSR count). The molecular formula is C10H13N3O4. The first-order valence-corrected chi connectivity index (χ1v) is 4.90. The van der Waals surface area contributed by atoms with Crippen molar-refractivity contribution in [3.05, 3.63) is 34.4 Å². The number of nitro benzene ring substituents is 1. The maximum Gasteiger partial charge on any atom is 0.310 e. The Morgan fingerprint density at radius 2 is 2.29 bits per heavy atom. The molecule has 0 saturated carbocycles. The average molecular weight is 239 g/mol. The van der Waals surface area contributed by atoms with E-state index in [1.165, 1.54) is 12.1 Å².